The van der Waals surface area contributed by atoms with Gasteiger partial charge < -0.3 is 15.5 Å². The number of amides is 2. The van der Waals surface area contributed by atoms with Crippen molar-refractivity contribution in [1.82, 2.24) is 10.2 Å². The molecule has 5 nitrogen and oxygen atoms in total. The van der Waals surface area contributed by atoms with E-state index < -0.39 is 0 Å². The Bertz CT molecular complexity index is 521. The normalized spacial score (nSPS) is 13.2. The van der Waals surface area contributed by atoms with Crippen molar-refractivity contribution in [2.75, 3.05) is 32.0 Å². The summed E-state index contributed by atoms with van der Waals surface area (Å²) < 4.78 is 0. The van der Waals surface area contributed by atoms with E-state index in [1.165, 1.54) is 17.7 Å². The van der Waals surface area contributed by atoms with Crippen LogP contribution in [0.5, 0.6) is 0 Å². The maximum Gasteiger partial charge on any atom is 0.243 e. The van der Waals surface area contributed by atoms with E-state index in [9.17, 15) is 9.59 Å². The molecule has 1 fully saturated rings. The minimum atomic E-state index is -0.240. The van der Waals surface area contributed by atoms with Crippen LogP contribution >= 0.6 is 24.0 Å². The van der Waals surface area contributed by atoms with E-state index in [1.807, 2.05) is 0 Å². The van der Waals surface area contributed by atoms with E-state index in [0.29, 0.717) is 10.7 Å². The molecule has 0 heterocycles. The Labute approximate surface area is 141 Å². The van der Waals surface area contributed by atoms with Crippen molar-refractivity contribution in [1.29, 1.82) is 0 Å². The topological polar surface area (TPSA) is 61.4 Å². The van der Waals surface area contributed by atoms with Gasteiger partial charge in [-0.3, -0.25) is 9.59 Å². The number of benzene rings is 1. The minimum Gasteiger partial charge on any atom is -0.335 e. The molecule has 0 unspecified atom stereocenters. The molecule has 0 spiro atoms. The summed E-state index contributed by atoms with van der Waals surface area (Å²) in [5.74, 6) is 0.404. The molecule has 0 radical (unpaired) electrons. The summed E-state index contributed by atoms with van der Waals surface area (Å²) >= 11 is 5.85. The number of hydrogen-bond acceptors (Lipinski definition) is 3. The van der Waals surface area contributed by atoms with E-state index in [0.717, 1.165) is 12.5 Å². The molecule has 7 heteroatoms. The van der Waals surface area contributed by atoms with Gasteiger partial charge in [0.2, 0.25) is 11.8 Å². The first-order chi connectivity index (χ1) is 10.0. The maximum atomic E-state index is 11.9. The van der Waals surface area contributed by atoms with Gasteiger partial charge in [-0.2, -0.15) is 0 Å². The number of nitrogens with zero attached hydrogens (tertiary/aromatic N) is 1. The lowest BCUT2D eigenvalue weighted by molar-refractivity contribution is -0.132. The van der Waals surface area contributed by atoms with Gasteiger partial charge in [0.25, 0.3) is 0 Å². The van der Waals surface area contributed by atoms with E-state index in [4.69, 9.17) is 11.6 Å². The molecule has 2 amide bonds. The highest BCUT2D eigenvalue weighted by Crippen LogP contribution is 2.27. The molecule has 0 bridgehead atoms. The van der Waals surface area contributed by atoms with Crippen LogP contribution in [0.1, 0.15) is 12.8 Å². The van der Waals surface area contributed by atoms with Crippen LogP contribution in [0.2, 0.25) is 5.02 Å². The van der Waals surface area contributed by atoms with Gasteiger partial charge in [0.05, 0.1) is 13.1 Å². The van der Waals surface area contributed by atoms with Crippen LogP contribution in [-0.2, 0) is 9.59 Å². The predicted molar refractivity (Wildman–Crippen MR) is 90.6 cm³/mol. The minimum absolute atomic E-state index is 0. The molecule has 0 aliphatic heterocycles. The van der Waals surface area contributed by atoms with Crippen molar-refractivity contribution in [3.05, 3.63) is 29.3 Å². The van der Waals surface area contributed by atoms with Gasteiger partial charge in [-0.25, -0.2) is 0 Å². The zero-order valence-electron chi connectivity index (χ0n) is 12.5. The monoisotopic (exact) mass is 345 g/mol. The van der Waals surface area contributed by atoms with Crippen LogP contribution in [0.3, 0.4) is 0 Å². The van der Waals surface area contributed by atoms with Crippen LogP contribution in [0.15, 0.2) is 24.3 Å². The second kappa shape index (κ2) is 8.98. The van der Waals surface area contributed by atoms with Gasteiger partial charge in [0.1, 0.15) is 0 Å². The predicted octanol–water partition coefficient (Wildman–Crippen LogP) is 2.16. The highest BCUT2D eigenvalue weighted by Gasteiger charge is 2.21. The Morgan fingerprint density at radius 2 is 2.09 bits per heavy atom. The van der Waals surface area contributed by atoms with Crippen LogP contribution in [-0.4, -0.2) is 43.4 Å². The Morgan fingerprint density at radius 1 is 1.36 bits per heavy atom. The zero-order chi connectivity index (χ0) is 15.2. The molecule has 0 atom stereocenters. The highest BCUT2D eigenvalue weighted by molar-refractivity contribution is 6.30. The van der Waals surface area contributed by atoms with Crippen LogP contribution in [0, 0.1) is 5.92 Å². The number of carbonyl (C=O) groups excluding carboxylic acids is 2. The van der Waals surface area contributed by atoms with Crippen molar-refractivity contribution in [3.63, 3.8) is 0 Å². The number of halogens is 2. The largest absolute Gasteiger partial charge is 0.335 e. The number of nitrogens with one attached hydrogen (secondary N) is 2. The third kappa shape index (κ3) is 6.64. The molecule has 1 aromatic rings. The second-order valence-corrected chi connectivity index (χ2v) is 5.82. The highest BCUT2D eigenvalue weighted by atomic mass is 35.5. The molecule has 1 saturated carbocycles. The van der Waals surface area contributed by atoms with E-state index in [-0.39, 0.29) is 37.3 Å². The fraction of sp³-hybridized carbons (Fsp3) is 0.467. The molecule has 0 aromatic heterocycles. The molecule has 1 aliphatic rings. The summed E-state index contributed by atoms with van der Waals surface area (Å²) in [4.78, 5) is 25.1. The fourth-order valence-corrected chi connectivity index (χ4v) is 2.10. The molecular formula is C15H21Cl2N3O2. The van der Waals surface area contributed by atoms with Gasteiger partial charge in [0, 0.05) is 17.8 Å². The average molecular weight is 346 g/mol. The maximum absolute atomic E-state index is 11.9. The molecule has 122 valence electrons. The summed E-state index contributed by atoms with van der Waals surface area (Å²) in [5.41, 5.74) is 0.625. The van der Waals surface area contributed by atoms with Crippen molar-refractivity contribution < 1.29 is 9.59 Å². The number of rotatable bonds is 7. The molecule has 2 N–H and O–H groups in total. The van der Waals surface area contributed by atoms with Gasteiger partial charge in [0.15, 0.2) is 0 Å². The van der Waals surface area contributed by atoms with Crippen molar-refractivity contribution >= 4 is 41.5 Å². The zero-order valence-corrected chi connectivity index (χ0v) is 14.0. The number of carbonyl (C=O) groups is 2. The van der Waals surface area contributed by atoms with E-state index in [1.54, 1.807) is 31.3 Å². The lowest BCUT2D eigenvalue weighted by Gasteiger charge is -2.17. The van der Waals surface area contributed by atoms with Crippen LogP contribution < -0.4 is 10.6 Å². The summed E-state index contributed by atoms with van der Waals surface area (Å²) in [7, 11) is 1.62. The molecule has 22 heavy (non-hydrogen) atoms. The summed E-state index contributed by atoms with van der Waals surface area (Å²) in [6.45, 7) is 1.18. The van der Waals surface area contributed by atoms with E-state index >= 15 is 0 Å². The lowest BCUT2D eigenvalue weighted by atomic mass is 10.3. The summed E-state index contributed by atoms with van der Waals surface area (Å²) in [6, 6.07) is 6.91. The third-order valence-electron chi connectivity index (χ3n) is 3.32. The Morgan fingerprint density at radius 3 is 2.73 bits per heavy atom. The van der Waals surface area contributed by atoms with E-state index in [2.05, 4.69) is 10.6 Å². The van der Waals surface area contributed by atoms with Gasteiger partial charge in [-0.15, -0.1) is 12.4 Å². The fourth-order valence-electron chi connectivity index (χ4n) is 1.91. The Kier molecular flexibility index (Phi) is 7.65. The van der Waals surface area contributed by atoms with Gasteiger partial charge in [-0.05, 0) is 43.5 Å². The molecule has 1 aromatic carbocycles. The van der Waals surface area contributed by atoms with Crippen molar-refractivity contribution in [2.45, 2.75) is 12.8 Å². The van der Waals surface area contributed by atoms with Crippen LogP contribution in [0.4, 0.5) is 5.69 Å². The number of likely N-dealkylation sites (N-methyl/N-ethyl adjacent to an activating group) is 1. The van der Waals surface area contributed by atoms with Crippen molar-refractivity contribution in [2.24, 2.45) is 5.92 Å². The van der Waals surface area contributed by atoms with Gasteiger partial charge >= 0.3 is 0 Å². The summed E-state index contributed by atoms with van der Waals surface area (Å²) in [6.07, 6.45) is 2.50. The molecule has 0 saturated heterocycles. The first-order valence-corrected chi connectivity index (χ1v) is 7.42. The lowest BCUT2D eigenvalue weighted by Crippen LogP contribution is -2.40. The first-order valence-electron chi connectivity index (χ1n) is 7.04. The molecule has 1 aliphatic carbocycles. The summed E-state index contributed by atoms with van der Waals surface area (Å²) in [5, 5.41) is 6.39. The quantitative estimate of drug-likeness (QED) is 0.795. The van der Waals surface area contributed by atoms with Crippen LogP contribution in [0.25, 0.3) is 0 Å². The standard InChI is InChI=1S/C15H20ClN3O2.ClH/c1-19(15(21)9-17-8-11-5-6-11)10-14(20)18-13-4-2-3-12(16)7-13;/h2-4,7,11,17H,5-6,8-10H2,1H3,(H,18,20);1H. The Balaban J connectivity index is 0.00000242. The number of hydrogen-bond donors (Lipinski definition) is 2. The third-order valence-corrected chi connectivity index (χ3v) is 3.56. The number of anilines is 1. The average Bonchev–Trinajstić information content (AvgIpc) is 3.22. The molecule has 2 rings (SSSR count). The first kappa shape index (κ1) is 18.7. The van der Waals surface area contributed by atoms with Gasteiger partial charge in [-0.1, -0.05) is 17.7 Å². The Hall–Kier alpha value is -1.30. The van der Waals surface area contributed by atoms with Crippen molar-refractivity contribution in [3.8, 4) is 0 Å². The second-order valence-electron chi connectivity index (χ2n) is 5.38. The SMILES string of the molecule is CN(CC(=O)Nc1cccc(Cl)c1)C(=O)CNCC1CC1.Cl. The smallest absolute Gasteiger partial charge is 0.243 e. The molecular weight excluding hydrogens is 325 g/mol.